The molecule has 0 saturated heterocycles. The van der Waals surface area contributed by atoms with Gasteiger partial charge in [-0.25, -0.2) is 4.98 Å². The summed E-state index contributed by atoms with van der Waals surface area (Å²) in [5.74, 6) is -0.475. The first-order valence-electron chi connectivity index (χ1n) is 8.24. The van der Waals surface area contributed by atoms with Gasteiger partial charge in [0.25, 0.3) is 0 Å². The summed E-state index contributed by atoms with van der Waals surface area (Å²) in [7, 11) is 0. The largest absolute Gasteiger partial charge is 0.395 e. The average Bonchev–Trinajstić information content (AvgIpc) is 2.93. The van der Waals surface area contributed by atoms with Gasteiger partial charge in [-0.2, -0.15) is 4.39 Å². The molecule has 1 aliphatic rings. The lowest BCUT2D eigenvalue weighted by atomic mass is 10.1. The second kappa shape index (κ2) is 7.88. The molecule has 1 atom stereocenters. The number of nitrogens with zero attached hydrogens (tertiary/aromatic N) is 2. The molecule has 0 amide bonds. The highest BCUT2D eigenvalue weighted by molar-refractivity contribution is 8.04. The first-order valence-corrected chi connectivity index (χ1v) is 9.12. The van der Waals surface area contributed by atoms with Crippen LogP contribution in [-0.4, -0.2) is 39.4 Å². The van der Waals surface area contributed by atoms with Crippen LogP contribution in [0.3, 0.4) is 0 Å². The zero-order valence-electron chi connectivity index (χ0n) is 14.6. The number of halogens is 1. The molecule has 0 spiro atoms. The van der Waals surface area contributed by atoms with Crippen molar-refractivity contribution in [2.75, 3.05) is 18.5 Å². The topological polar surface area (TPSA) is 65.5 Å². The number of aliphatic hydroxyl groups is 1. The number of nitrogens with one attached hydrogen (secondary N) is 1. The number of carbonyl (C=O) groups is 1. The molecule has 136 valence electrons. The molecule has 1 aromatic carbocycles. The molecular weight excluding hydrogens is 353 g/mol. The van der Waals surface area contributed by atoms with Gasteiger partial charge in [0, 0.05) is 29.7 Å². The van der Waals surface area contributed by atoms with Crippen LogP contribution in [0.25, 0.3) is 11.1 Å². The molecule has 0 saturated carbocycles. The van der Waals surface area contributed by atoms with Gasteiger partial charge < -0.3 is 15.3 Å². The summed E-state index contributed by atoms with van der Waals surface area (Å²) >= 11 is 1.45. The Kier molecular flexibility index (Phi) is 5.58. The number of Topliss-reactive ketones (excluding diaryl/α,β-unsaturated/α-hetero) is 1. The first-order chi connectivity index (χ1) is 12.5. The summed E-state index contributed by atoms with van der Waals surface area (Å²) in [4.78, 5) is 18.2. The fraction of sp³-hybridized carbons (Fsp3) is 0.263. The summed E-state index contributed by atoms with van der Waals surface area (Å²) in [6.07, 6.45) is 1.50. The lowest BCUT2D eigenvalue weighted by Crippen LogP contribution is -2.35. The van der Waals surface area contributed by atoms with Crippen LogP contribution >= 0.6 is 11.8 Å². The molecule has 26 heavy (non-hydrogen) atoms. The van der Waals surface area contributed by atoms with Gasteiger partial charge in [0.15, 0.2) is 11.3 Å². The summed E-state index contributed by atoms with van der Waals surface area (Å²) in [5, 5.41) is 12.7. The lowest BCUT2D eigenvalue weighted by Gasteiger charge is -2.28. The van der Waals surface area contributed by atoms with Crippen molar-refractivity contribution in [3.63, 3.8) is 0 Å². The number of anilines is 1. The van der Waals surface area contributed by atoms with E-state index in [1.54, 1.807) is 13.0 Å². The van der Waals surface area contributed by atoms with Crippen molar-refractivity contribution in [3.05, 3.63) is 59.1 Å². The molecule has 1 unspecified atom stereocenters. The third kappa shape index (κ3) is 3.89. The van der Waals surface area contributed by atoms with E-state index >= 15 is 0 Å². The number of aliphatic hydroxyl groups excluding tert-OH is 1. The minimum absolute atomic E-state index is 0.0117. The van der Waals surface area contributed by atoms with E-state index in [1.807, 2.05) is 36.1 Å². The molecule has 3 rings (SSSR count). The molecule has 0 radical (unpaired) electrons. The highest BCUT2D eigenvalue weighted by atomic mass is 32.2. The number of hydrogen-bond donors (Lipinski definition) is 2. The predicted octanol–water partition coefficient (Wildman–Crippen LogP) is 3.44. The van der Waals surface area contributed by atoms with Crippen molar-refractivity contribution in [1.29, 1.82) is 0 Å². The number of aromatic nitrogens is 1. The Morgan fingerprint density at radius 2 is 1.96 bits per heavy atom. The van der Waals surface area contributed by atoms with Crippen LogP contribution < -0.4 is 5.32 Å². The van der Waals surface area contributed by atoms with Gasteiger partial charge in [-0.05, 0) is 43.7 Å². The van der Waals surface area contributed by atoms with E-state index in [2.05, 4.69) is 10.3 Å². The summed E-state index contributed by atoms with van der Waals surface area (Å²) in [6.45, 7) is 3.91. The van der Waals surface area contributed by atoms with E-state index in [1.165, 1.54) is 24.0 Å². The van der Waals surface area contributed by atoms with Crippen LogP contribution in [0.1, 0.15) is 13.8 Å². The first kappa shape index (κ1) is 18.4. The smallest absolute Gasteiger partial charge is 0.212 e. The number of thioether (sulfide) groups is 1. The van der Waals surface area contributed by atoms with Crippen LogP contribution in [0.5, 0.6) is 0 Å². The van der Waals surface area contributed by atoms with Crippen molar-refractivity contribution in [3.8, 4) is 11.1 Å². The van der Waals surface area contributed by atoms with E-state index in [-0.39, 0.29) is 17.9 Å². The maximum atomic E-state index is 12.9. The second-order valence-electron chi connectivity index (χ2n) is 5.95. The highest BCUT2D eigenvalue weighted by Crippen LogP contribution is 2.38. The fourth-order valence-corrected chi connectivity index (χ4v) is 4.12. The van der Waals surface area contributed by atoms with Crippen LogP contribution in [0.15, 0.2) is 53.2 Å². The summed E-state index contributed by atoms with van der Waals surface area (Å²) in [5.41, 5.74) is 3.39. The predicted molar refractivity (Wildman–Crippen MR) is 102 cm³/mol. The number of β-amino-alcohol motifs (C(OH)–C–C–N with tert-alkyl or cyclic N) is 1. The molecule has 2 aromatic rings. The monoisotopic (exact) mass is 373 g/mol. The van der Waals surface area contributed by atoms with E-state index < -0.39 is 5.95 Å². The van der Waals surface area contributed by atoms with Crippen LogP contribution in [0.2, 0.25) is 0 Å². The van der Waals surface area contributed by atoms with Crippen molar-refractivity contribution in [2.24, 2.45) is 0 Å². The van der Waals surface area contributed by atoms with Crippen LogP contribution in [0, 0.1) is 5.95 Å². The molecule has 2 N–H and O–H groups in total. The Morgan fingerprint density at radius 3 is 2.54 bits per heavy atom. The number of pyridine rings is 1. The molecule has 2 heterocycles. The Balaban J connectivity index is 1.74. The zero-order chi connectivity index (χ0) is 18.7. The highest BCUT2D eigenvalue weighted by Gasteiger charge is 2.31. The maximum Gasteiger partial charge on any atom is 0.212 e. The standard InChI is InChI=1S/C19H20FN3O2S/c1-12-18(13(2)25)26-19(23(12)9-10-24)22-16-6-3-14(4-7-16)15-5-8-17(20)21-11-15/h3-8,11,19,22,24H,9-10H2,1-2H3. The number of carbonyl (C=O) groups excluding carboxylic acids is 1. The molecular formula is C19H20FN3O2S. The van der Waals surface area contributed by atoms with E-state index in [9.17, 15) is 14.3 Å². The minimum atomic E-state index is -0.501. The Hall–Kier alpha value is -2.38. The Morgan fingerprint density at radius 1 is 1.27 bits per heavy atom. The molecule has 1 aliphatic heterocycles. The van der Waals surface area contributed by atoms with Crippen LogP contribution in [0.4, 0.5) is 10.1 Å². The lowest BCUT2D eigenvalue weighted by molar-refractivity contribution is -0.113. The summed E-state index contributed by atoms with van der Waals surface area (Å²) < 4.78 is 12.9. The van der Waals surface area contributed by atoms with Crippen molar-refractivity contribution < 1.29 is 14.3 Å². The number of ketones is 1. The maximum absolute atomic E-state index is 12.9. The van der Waals surface area contributed by atoms with Gasteiger partial charge >= 0.3 is 0 Å². The summed E-state index contributed by atoms with van der Waals surface area (Å²) in [6, 6.07) is 10.7. The quantitative estimate of drug-likeness (QED) is 0.756. The van der Waals surface area contributed by atoms with Gasteiger partial charge in [0.1, 0.15) is 0 Å². The van der Waals surface area contributed by atoms with E-state index in [0.29, 0.717) is 11.4 Å². The minimum Gasteiger partial charge on any atom is -0.395 e. The Bertz CT molecular complexity index is 822. The molecule has 5 nitrogen and oxygen atoms in total. The third-order valence-electron chi connectivity index (χ3n) is 4.17. The van der Waals surface area contributed by atoms with Gasteiger partial charge in [0.2, 0.25) is 5.95 Å². The third-order valence-corrected chi connectivity index (χ3v) is 5.58. The molecule has 1 aromatic heterocycles. The number of benzene rings is 1. The van der Waals surface area contributed by atoms with Crippen molar-refractivity contribution in [2.45, 2.75) is 19.3 Å². The van der Waals surface area contributed by atoms with Crippen LogP contribution in [-0.2, 0) is 4.79 Å². The number of rotatable bonds is 6. The number of hydrogen-bond acceptors (Lipinski definition) is 6. The number of allylic oxidation sites excluding steroid dienone is 2. The van der Waals surface area contributed by atoms with Crippen molar-refractivity contribution >= 4 is 23.2 Å². The molecule has 0 fully saturated rings. The van der Waals surface area contributed by atoms with Gasteiger partial charge in [-0.1, -0.05) is 23.9 Å². The van der Waals surface area contributed by atoms with E-state index in [4.69, 9.17) is 0 Å². The van der Waals surface area contributed by atoms with Crippen molar-refractivity contribution in [1.82, 2.24) is 9.88 Å². The molecule has 7 heteroatoms. The fourth-order valence-electron chi connectivity index (χ4n) is 2.85. The molecule has 0 aliphatic carbocycles. The molecule has 0 bridgehead atoms. The second-order valence-corrected chi connectivity index (χ2v) is 7.04. The van der Waals surface area contributed by atoms with Gasteiger partial charge in [0.05, 0.1) is 11.5 Å². The van der Waals surface area contributed by atoms with Gasteiger partial charge in [-0.3, -0.25) is 4.79 Å². The SMILES string of the molecule is CC(=O)C1=C(C)N(CCO)C(Nc2ccc(-c3ccc(F)nc3)cc2)S1. The Labute approximate surface area is 155 Å². The zero-order valence-corrected chi connectivity index (χ0v) is 15.4. The average molecular weight is 373 g/mol. The van der Waals surface area contributed by atoms with Gasteiger partial charge in [-0.15, -0.1) is 0 Å². The van der Waals surface area contributed by atoms with E-state index in [0.717, 1.165) is 22.5 Å². The normalized spacial score (nSPS) is 16.9.